The second-order valence-corrected chi connectivity index (χ2v) is 9.03. The van der Waals surface area contributed by atoms with E-state index in [2.05, 4.69) is 10.9 Å². The Labute approximate surface area is 195 Å². The van der Waals surface area contributed by atoms with Crippen LogP contribution in [0.5, 0.6) is 0 Å². The van der Waals surface area contributed by atoms with Gasteiger partial charge < -0.3 is 9.47 Å². The molecule has 7 nitrogen and oxygen atoms in total. The summed E-state index contributed by atoms with van der Waals surface area (Å²) < 4.78 is 15.1. The number of nitrogens with zero attached hydrogens (tertiary/aromatic N) is 2. The van der Waals surface area contributed by atoms with Gasteiger partial charge in [0.15, 0.2) is 0 Å². The lowest BCUT2D eigenvalue weighted by atomic mass is 9.96. The molecule has 3 aromatic rings. The van der Waals surface area contributed by atoms with E-state index < -0.39 is 5.91 Å². The minimum atomic E-state index is -0.421. The number of halogens is 1. The van der Waals surface area contributed by atoms with Crippen LogP contribution in [0.4, 0.5) is 4.39 Å². The number of carbonyl (C=O) groups excluding carboxylic acids is 3. The van der Waals surface area contributed by atoms with Crippen molar-refractivity contribution in [3.05, 3.63) is 75.5 Å². The summed E-state index contributed by atoms with van der Waals surface area (Å²) >= 11 is 1.41. The summed E-state index contributed by atoms with van der Waals surface area (Å²) in [4.78, 5) is 40.2. The highest BCUT2D eigenvalue weighted by atomic mass is 32.1. The number of hydrogen-bond donors (Lipinski definition) is 2. The number of aromatic nitrogens is 1. The number of aryl methyl sites for hydroxylation is 1. The molecule has 1 aliphatic rings. The Kier molecular flexibility index (Phi) is 6.60. The Morgan fingerprint density at radius 1 is 1.03 bits per heavy atom. The molecule has 0 unspecified atom stereocenters. The van der Waals surface area contributed by atoms with Gasteiger partial charge in [-0.1, -0.05) is 6.07 Å². The summed E-state index contributed by atoms with van der Waals surface area (Å²) in [5, 5.41) is 1.87. The molecule has 2 aromatic heterocycles. The van der Waals surface area contributed by atoms with Gasteiger partial charge in [-0.15, -0.1) is 11.3 Å². The average molecular weight is 469 g/mol. The zero-order valence-corrected chi connectivity index (χ0v) is 19.2. The molecule has 172 valence electrons. The summed E-state index contributed by atoms with van der Waals surface area (Å²) in [6.45, 7) is 4.66. The fourth-order valence-electron chi connectivity index (χ4n) is 4.17. The zero-order chi connectivity index (χ0) is 23.5. The van der Waals surface area contributed by atoms with E-state index in [1.807, 2.05) is 22.9 Å². The van der Waals surface area contributed by atoms with Gasteiger partial charge in [-0.3, -0.25) is 25.2 Å². The summed E-state index contributed by atoms with van der Waals surface area (Å²) in [6.07, 6.45) is 1.08. The van der Waals surface area contributed by atoms with Gasteiger partial charge in [-0.05, 0) is 68.5 Å². The number of piperidine rings is 1. The highest BCUT2D eigenvalue weighted by Gasteiger charge is 2.28. The summed E-state index contributed by atoms with van der Waals surface area (Å²) in [6, 6.07) is 11.4. The van der Waals surface area contributed by atoms with Crippen molar-refractivity contribution in [3.63, 3.8) is 0 Å². The van der Waals surface area contributed by atoms with Crippen molar-refractivity contribution in [2.75, 3.05) is 13.1 Å². The number of carbonyl (C=O) groups is 3. The first kappa shape index (κ1) is 22.7. The molecule has 0 spiro atoms. The van der Waals surface area contributed by atoms with Crippen molar-refractivity contribution in [3.8, 4) is 5.69 Å². The maximum atomic E-state index is 13.3. The van der Waals surface area contributed by atoms with Gasteiger partial charge in [-0.25, -0.2) is 4.39 Å². The Bertz CT molecular complexity index is 1160. The van der Waals surface area contributed by atoms with Crippen LogP contribution in [0.2, 0.25) is 0 Å². The molecule has 3 heterocycles. The van der Waals surface area contributed by atoms with Gasteiger partial charge in [0.25, 0.3) is 11.8 Å². The van der Waals surface area contributed by atoms with Gasteiger partial charge in [0, 0.05) is 36.1 Å². The molecule has 0 bridgehead atoms. The molecule has 0 atom stereocenters. The number of benzene rings is 1. The van der Waals surface area contributed by atoms with Crippen molar-refractivity contribution < 1.29 is 18.8 Å². The fraction of sp³-hybridized carbons (Fsp3) is 0.292. The summed E-state index contributed by atoms with van der Waals surface area (Å²) in [5.41, 5.74) is 7.71. The fourth-order valence-corrected chi connectivity index (χ4v) is 4.86. The molecule has 3 amide bonds. The van der Waals surface area contributed by atoms with E-state index in [0.717, 1.165) is 11.4 Å². The Morgan fingerprint density at radius 2 is 1.73 bits per heavy atom. The lowest BCUT2D eigenvalue weighted by Gasteiger charge is -2.31. The van der Waals surface area contributed by atoms with Crippen LogP contribution in [0, 0.1) is 25.6 Å². The van der Waals surface area contributed by atoms with Crippen LogP contribution in [0.3, 0.4) is 0 Å². The zero-order valence-electron chi connectivity index (χ0n) is 18.4. The Hall–Kier alpha value is -3.46. The van der Waals surface area contributed by atoms with Gasteiger partial charge in [-0.2, -0.15) is 0 Å². The molecule has 0 radical (unpaired) electrons. The molecule has 4 rings (SSSR count). The van der Waals surface area contributed by atoms with E-state index in [1.54, 1.807) is 36.1 Å². The summed E-state index contributed by atoms with van der Waals surface area (Å²) in [7, 11) is 0. The molecule has 1 fully saturated rings. The number of thiophene rings is 1. The van der Waals surface area contributed by atoms with E-state index in [0.29, 0.717) is 42.1 Å². The molecule has 1 saturated heterocycles. The van der Waals surface area contributed by atoms with Crippen LogP contribution in [0.1, 0.15) is 44.3 Å². The van der Waals surface area contributed by atoms with Crippen molar-refractivity contribution in [1.82, 2.24) is 20.3 Å². The second kappa shape index (κ2) is 9.58. The van der Waals surface area contributed by atoms with Crippen LogP contribution in [-0.4, -0.2) is 40.3 Å². The number of hydrogen-bond acceptors (Lipinski definition) is 4. The average Bonchev–Trinajstić information content (AvgIpc) is 3.46. The minimum absolute atomic E-state index is 0.00586. The lowest BCUT2D eigenvalue weighted by Crippen LogP contribution is -2.48. The second-order valence-electron chi connectivity index (χ2n) is 8.08. The highest BCUT2D eigenvalue weighted by molar-refractivity contribution is 7.12. The van der Waals surface area contributed by atoms with E-state index >= 15 is 0 Å². The number of amides is 3. The molecule has 1 aliphatic heterocycles. The molecule has 0 aliphatic carbocycles. The molecule has 0 saturated carbocycles. The van der Waals surface area contributed by atoms with Gasteiger partial charge >= 0.3 is 0 Å². The number of likely N-dealkylation sites (tertiary alicyclic amines) is 1. The first-order chi connectivity index (χ1) is 15.8. The normalized spacial score (nSPS) is 14.2. The number of rotatable bonds is 4. The lowest BCUT2D eigenvalue weighted by molar-refractivity contribution is -0.127. The Morgan fingerprint density at radius 3 is 2.36 bits per heavy atom. The first-order valence-corrected chi connectivity index (χ1v) is 11.6. The smallest absolute Gasteiger partial charge is 0.271 e. The van der Waals surface area contributed by atoms with Crippen molar-refractivity contribution in [2.24, 2.45) is 5.92 Å². The van der Waals surface area contributed by atoms with Crippen molar-refractivity contribution >= 4 is 29.1 Å². The van der Waals surface area contributed by atoms with Crippen LogP contribution in [0.25, 0.3) is 5.69 Å². The van der Waals surface area contributed by atoms with Gasteiger partial charge in [0.2, 0.25) is 5.91 Å². The molecular formula is C24H25FN4O3S. The minimum Gasteiger partial charge on any atom is -0.338 e. The van der Waals surface area contributed by atoms with E-state index in [4.69, 9.17) is 0 Å². The van der Waals surface area contributed by atoms with Gasteiger partial charge in [0.1, 0.15) is 5.82 Å². The largest absolute Gasteiger partial charge is 0.338 e. The first-order valence-electron chi connectivity index (χ1n) is 10.7. The molecular weight excluding hydrogens is 443 g/mol. The third-order valence-electron chi connectivity index (χ3n) is 5.94. The molecule has 33 heavy (non-hydrogen) atoms. The standard InChI is InChI=1S/C24H25FN4O3S/c1-15-14-20(16(2)29(15)19-7-5-18(25)6-8-19)23(31)27-26-22(30)17-9-11-28(12-10-17)24(32)21-4-3-13-33-21/h3-8,13-14,17H,9-12H2,1-2H3,(H,26,30)(H,27,31). The quantitative estimate of drug-likeness (QED) is 0.574. The maximum Gasteiger partial charge on any atom is 0.271 e. The Balaban J connectivity index is 1.33. The molecule has 1 aromatic carbocycles. The monoisotopic (exact) mass is 468 g/mol. The van der Waals surface area contributed by atoms with Crippen LogP contribution in [0.15, 0.2) is 47.8 Å². The summed E-state index contributed by atoms with van der Waals surface area (Å²) in [5.74, 6) is -1.30. The number of nitrogens with one attached hydrogen (secondary N) is 2. The van der Waals surface area contributed by atoms with Crippen molar-refractivity contribution in [1.29, 1.82) is 0 Å². The van der Waals surface area contributed by atoms with Crippen molar-refractivity contribution in [2.45, 2.75) is 26.7 Å². The van der Waals surface area contributed by atoms with Crippen LogP contribution < -0.4 is 10.9 Å². The predicted octanol–water partition coefficient (Wildman–Crippen LogP) is 3.61. The van der Waals surface area contributed by atoms with E-state index in [9.17, 15) is 18.8 Å². The third kappa shape index (κ3) is 4.83. The van der Waals surface area contributed by atoms with E-state index in [-0.39, 0.29) is 23.5 Å². The van der Waals surface area contributed by atoms with Gasteiger partial charge in [0.05, 0.1) is 10.4 Å². The third-order valence-corrected chi connectivity index (χ3v) is 6.80. The predicted molar refractivity (Wildman–Crippen MR) is 124 cm³/mol. The number of hydrazine groups is 1. The topological polar surface area (TPSA) is 83.4 Å². The molecule has 2 N–H and O–H groups in total. The highest BCUT2D eigenvalue weighted by Crippen LogP contribution is 2.22. The SMILES string of the molecule is Cc1cc(C(=O)NNC(=O)C2CCN(C(=O)c3cccs3)CC2)c(C)n1-c1ccc(F)cc1. The van der Waals surface area contributed by atoms with E-state index in [1.165, 1.54) is 23.5 Å². The van der Waals surface area contributed by atoms with Crippen LogP contribution in [-0.2, 0) is 4.79 Å². The maximum absolute atomic E-state index is 13.3. The van der Waals surface area contributed by atoms with Crippen LogP contribution >= 0.6 is 11.3 Å². The molecule has 9 heteroatoms.